The van der Waals surface area contributed by atoms with E-state index in [4.69, 9.17) is 9.72 Å². The van der Waals surface area contributed by atoms with Gasteiger partial charge in [-0.2, -0.15) is 13.2 Å². The van der Waals surface area contributed by atoms with Crippen molar-refractivity contribution < 1.29 is 17.9 Å². The fourth-order valence-corrected chi connectivity index (χ4v) is 3.91. The minimum Gasteiger partial charge on any atom is -0.497 e. The molecule has 0 spiro atoms. The van der Waals surface area contributed by atoms with Gasteiger partial charge < -0.3 is 4.74 Å². The van der Waals surface area contributed by atoms with Crippen molar-refractivity contribution in [1.82, 2.24) is 4.98 Å². The van der Waals surface area contributed by atoms with Crippen molar-refractivity contribution in [3.8, 4) is 28.1 Å². The van der Waals surface area contributed by atoms with Crippen LogP contribution in [0.4, 0.5) is 13.2 Å². The summed E-state index contributed by atoms with van der Waals surface area (Å²) in [5.41, 5.74) is 4.71. The Morgan fingerprint density at radius 2 is 1.62 bits per heavy atom. The molecular formula is C24H22F3NO. The molecule has 0 atom stereocenters. The fourth-order valence-electron chi connectivity index (χ4n) is 3.91. The van der Waals surface area contributed by atoms with Crippen molar-refractivity contribution in [1.29, 1.82) is 0 Å². The van der Waals surface area contributed by atoms with E-state index in [1.54, 1.807) is 13.2 Å². The molecular weight excluding hydrogens is 375 g/mol. The Morgan fingerprint density at radius 1 is 0.862 bits per heavy atom. The number of aryl methyl sites for hydroxylation is 1. The SMILES string of the molecule is COc1ccc(-c2cc(-c3cccc(C(F)(F)F)c3)nc3c2CCCCC3)cc1. The summed E-state index contributed by atoms with van der Waals surface area (Å²) in [7, 11) is 1.62. The van der Waals surface area contributed by atoms with E-state index in [0.717, 1.165) is 60.7 Å². The summed E-state index contributed by atoms with van der Waals surface area (Å²) in [4.78, 5) is 4.79. The Morgan fingerprint density at radius 3 is 2.34 bits per heavy atom. The van der Waals surface area contributed by atoms with Crippen LogP contribution in [0.1, 0.15) is 36.1 Å². The van der Waals surface area contributed by atoms with E-state index >= 15 is 0 Å². The molecule has 5 heteroatoms. The van der Waals surface area contributed by atoms with E-state index in [-0.39, 0.29) is 0 Å². The zero-order valence-electron chi connectivity index (χ0n) is 16.2. The van der Waals surface area contributed by atoms with Crippen LogP contribution in [0, 0.1) is 0 Å². The topological polar surface area (TPSA) is 22.1 Å². The van der Waals surface area contributed by atoms with E-state index in [1.165, 1.54) is 17.7 Å². The number of halogens is 3. The summed E-state index contributed by atoms with van der Waals surface area (Å²) in [6.07, 6.45) is 0.699. The first-order valence-corrected chi connectivity index (χ1v) is 9.80. The van der Waals surface area contributed by atoms with Crippen LogP contribution in [0.2, 0.25) is 0 Å². The zero-order chi connectivity index (χ0) is 20.4. The van der Waals surface area contributed by atoms with Crippen LogP contribution in [0.5, 0.6) is 5.75 Å². The second kappa shape index (κ2) is 7.90. The van der Waals surface area contributed by atoms with Crippen molar-refractivity contribution in [2.75, 3.05) is 7.11 Å². The number of nitrogens with zero attached hydrogens (tertiary/aromatic N) is 1. The third-order valence-electron chi connectivity index (χ3n) is 5.44. The van der Waals surface area contributed by atoms with Crippen LogP contribution in [0.25, 0.3) is 22.4 Å². The highest BCUT2D eigenvalue weighted by Gasteiger charge is 2.30. The predicted molar refractivity (Wildman–Crippen MR) is 108 cm³/mol. The summed E-state index contributed by atoms with van der Waals surface area (Å²) in [5, 5.41) is 0. The smallest absolute Gasteiger partial charge is 0.416 e. The second-order valence-electron chi connectivity index (χ2n) is 7.35. The molecule has 29 heavy (non-hydrogen) atoms. The van der Waals surface area contributed by atoms with Crippen LogP contribution >= 0.6 is 0 Å². The molecule has 1 aromatic heterocycles. The van der Waals surface area contributed by atoms with E-state index in [1.807, 2.05) is 30.3 Å². The predicted octanol–water partition coefficient (Wildman–Crippen LogP) is 6.71. The Labute approximate surface area is 168 Å². The molecule has 0 amide bonds. The van der Waals surface area contributed by atoms with E-state index in [9.17, 15) is 13.2 Å². The van der Waals surface area contributed by atoms with Gasteiger partial charge >= 0.3 is 6.18 Å². The average Bonchev–Trinajstić information content (AvgIpc) is 2.98. The van der Waals surface area contributed by atoms with Crippen molar-refractivity contribution >= 4 is 0 Å². The number of methoxy groups -OCH3 is 1. The number of aromatic nitrogens is 1. The first kappa shape index (κ1) is 19.5. The maximum absolute atomic E-state index is 13.2. The lowest BCUT2D eigenvalue weighted by atomic mass is 9.93. The van der Waals surface area contributed by atoms with Gasteiger partial charge in [-0.25, -0.2) is 0 Å². The van der Waals surface area contributed by atoms with Gasteiger partial charge in [-0.05, 0) is 72.7 Å². The second-order valence-corrected chi connectivity index (χ2v) is 7.35. The molecule has 0 bridgehead atoms. The summed E-state index contributed by atoms with van der Waals surface area (Å²) >= 11 is 0. The molecule has 1 aliphatic carbocycles. The number of rotatable bonds is 3. The molecule has 0 unspecified atom stereocenters. The highest BCUT2D eigenvalue weighted by molar-refractivity contribution is 5.75. The van der Waals surface area contributed by atoms with Gasteiger partial charge in [-0.1, -0.05) is 30.7 Å². The van der Waals surface area contributed by atoms with Crippen molar-refractivity contribution in [3.63, 3.8) is 0 Å². The normalized spacial score (nSPS) is 14.2. The van der Waals surface area contributed by atoms with Crippen molar-refractivity contribution in [2.24, 2.45) is 0 Å². The largest absolute Gasteiger partial charge is 0.497 e. The number of benzene rings is 2. The number of hydrogen-bond acceptors (Lipinski definition) is 2. The number of hydrogen-bond donors (Lipinski definition) is 0. The Bertz CT molecular complexity index is 1010. The maximum Gasteiger partial charge on any atom is 0.416 e. The third kappa shape index (κ3) is 4.14. The monoisotopic (exact) mass is 397 g/mol. The molecule has 3 aromatic rings. The average molecular weight is 397 g/mol. The fraction of sp³-hybridized carbons (Fsp3) is 0.292. The van der Waals surface area contributed by atoms with Crippen molar-refractivity contribution in [3.05, 3.63) is 71.4 Å². The molecule has 2 aromatic carbocycles. The zero-order valence-corrected chi connectivity index (χ0v) is 16.2. The van der Waals surface area contributed by atoms with E-state index in [0.29, 0.717) is 11.3 Å². The minimum absolute atomic E-state index is 0.488. The van der Waals surface area contributed by atoms with E-state index < -0.39 is 11.7 Å². The molecule has 4 rings (SSSR count). The quantitative estimate of drug-likeness (QED) is 0.458. The van der Waals surface area contributed by atoms with Gasteiger partial charge in [-0.15, -0.1) is 0 Å². The summed E-state index contributed by atoms with van der Waals surface area (Å²) in [6, 6.07) is 15.1. The molecule has 0 saturated carbocycles. The first-order valence-electron chi connectivity index (χ1n) is 9.80. The lowest BCUT2D eigenvalue weighted by Crippen LogP contribution is -2.05. The molecule has 0 aliphatic heterocycles. The summed E-state index contributed by atoms with van der Waals surface area (Å²) in [6.45, 7) is 0. The third-order valence-corrected chi connectivity index (χ3v) is 5.44. The molecule has 1 heterocycles. The van der Waals surface area contributed by atoms with Gasteiger partial charge in [0.05, 0.1) is 18.4 Å². The molecule has 0 saturated heterocycles. The number of fused-ring (bicyclic) bond motifs is 1. The molecule has 0 N–H and O–H groups in total. The van der Waals surface area contributed by atoms with Crippen LogP contribution in [-0.2, 0) is 19.0 Å². The number of pyridine rings is 1. The number of ether oxygens (including phenoxy) is 1. The highest BCUT2D eigenvalue weighted by atomic mass is 19.4. The Hall–Kier alpha value is -2.82. The Kier molecular flexibility index (Phi) is 5.31. The lowest BCUT2D eigenvalue weighted by molar-refractivity contribution is -0.137. The molecule has 1 aliphatic rings. The standard InChI is InChI=1S/C24H22F3NO/c1-29-19-12-10-16(11-13-19)21-15-23(28-22-9-4-2-3-8-20(21)22)17-6-5-7-18(14-17)24(25,26)27/h5-7,10-15H,2-4,8-9H2,1H3. The molecule has 150 valence electrons. The van der Waals surface area contributed by atoms with Gasteiger partial charge in [0.25, 0.3) is 0 Å². The van der Waals surface area contributed by atoms with Gasteiger partial charge in [0, 0.05) is 11.3 Å². The van der Waals surface area contributed by atoms with Gasteiger partial charge in [0.2, 0.25) is 0 Å². The van der Waals surface area contributed by atoms with Gasteiger partial charge in [0.15, 0.2) is 0 Å². The molecule has 2 nitrogen and oxygen atoms in total. The van der Waals surface area contributed by atoms with Crippen LogP contribution < -0.4 is 4.74 Å². The Balaban J connectivity index is 1.87. The highest BCUT2D eigenvalue weighted by Crippen LogP contribution is 2.36. The molecule has 0 radical (unpaired) electrons. The van der Waals surface area contributed by atoms with Crippen LogP contribution in [0.15, 0.2) is 54.6 Å². The van der Waals surface area contributed by atoms with Crippen molar-refractivity contribution in [2.45, 2.75) is 38.3 Å². The first-order chi connectivity index (χ1) is 14.0. The summed E-state index contributed by atoms with van der Waals surface area (Å²) < 4.78 is 44.8. The molecule has 0 fully saturated rings. The van der Waals surface area contributed by atoms with Crippen LogP contribution in [-0.4, -0.2) is 12.1 Å². The lowest BCUT2D eigenvalue weighted by Gasteiger charge is -2.16. The number of alkyl halides is 3. The van der Waals surface area contributed by atoms with E-state index in [2.05, 4.69) is 0 Å². The minimum atomic E-state index is -4.37. The van der Waals surface area contributed by atoms with Gasteiger partial charge in [0.1, 0.15) is 5.75 Å². The summed E-state index contributed by atoms with van der Waals surface area (Å²) in [5.74, 6) is 0.770. The van der Waals surface area contributed by atoms with Gasteiger partial charge in [-0.3, -0.25) is 4.98 Å². The van der Waals surface area contributed by atoms with Crippen LogP contribution in [0.3, 0.4) is 0 Å². The maximum atomic E-state index is 13.2.